The predicted octanol–water partition coefficient (Wildman–Crippen LogP) is 3.58. The monoisotopic (exact) mass is 365 g/mol. The summed E-state index contributed by atoms with van der Waals surface area (Å²) in [6.45, 7) is 6.60. The number of para-hydroxylation sites is 1. The van der Waals surface area contributed by atoms with E-state index < -0.39 is 0 Å². The molecule has 0 fully saturated rings. The molecule has 6 nitrogen and oxygen atoms in total. The number of aromatic nitrogens is 2. The number of hydrogen-bond acceptors (Lipinski definition) is 5. The molecule has 0 aliphatic rings. The smallest absolute Gasteiger partial charge is 0.275 e. The zero-order valence-electron chi connectivity index (χ0n) is 16.0. The maximum absolute atomic E-state index is 12.8. The number of ether oxygens (including phenoxy) is 2. The Bertz CT molecular complexity index is 986. The van der Waals surface area contributed by atoms with Crippen molar-refractivity contribution in [3.63, 3.8) is 0 Å². The molecule has 0 saturated heterocycles. The fraction of sp³-hybridized carbons (Fsp3) is 0.286. The van der Waals surface area contributed by atoms with E-state index in [1.165, 1.54) is 0 Å². The molecule has 3 rings (SSSR count). The highest BCUT2D eigenvalue weighted by Crippen LogP contribution is 2.23. The van der Waals surface area contributed by atoms with E-state index in [-0.39, 0.29) is 17.5 Å². The second kappa shape index (κ2) is 8.03. The molecule has 0 aliphatic heterocycles. The summed E-state index contributed by atoms with van der Waals surface area (Å²) < 4.78 is 10.9. The van der Waals surface area contributed by atoms with Crippen molar-refractivity contribution in [1.82, 2.24) is 15.3 Å². The first-order valence-corrected chi connectivity index (χ1v) is 8.85. The van der Waals surface area contributed by atoms with Crippen molar-refractivity contribution in [2.75, 3.05) is 13.7 Å². The third-order valence-electron chi connectivity index (χ3n) is 4.38. The van der Waals surface area contributed by atoms with Gasteiger partial charge in [-0.1, -0.05) is 18.2 Å². The topological polar surface area (TPSA) is 73.3 Å². The van der Waals surface area contributed by atoms with Crippen LogP contribution in [0.5, 0.6) is 11.6 Å². The van der Waals surface area contributed by atoms with E-state index in [2.05, 4.69) is 15.3 Å². The van der Waals surface area contributed by atoms with Crippen LogP contribution in [-0.4, -0.2) is 29.6 Å². The minimum absolute atomic E-state index is 0.183. The molecule has 1 heterocycles. The number of hydrogen-bond donors (Lipinski definition) is 1. The molecule has 0 spiro atoms. The lowest BCUT2D eigenvalue weighted by Crippen LogP contribution is -2.25. The Labute approximate surface area is 158 Å². The third kappa shape index (κ3) is 4.00. The van der Waals surface area contributed by atoms with E-state index in [1.807, 2.05) is 57.2 Å². The predicted molar refractivity (Wildman–Crippen MR) is 104 cm³/mol. The second-order valence-corrected chi connectivity index (χ2v) is 6.23. The summed E-state index contributed by atoms with van der Waals surface area (Å²) in [5.74, 6) is 0.626. The molecule has 27 heavy (non-hydrogen) atoms. The molecule has 1 amide bonds. The van der Waals surface area contributed by atoms with E-state index in [0.717, 1.165) is 22.4 Å². The van der Waals surface area contributed by atoms with Gasteiger partial charge in [-0.3, -0.25) is 4.79 Å². The Balaban J connectivity index is 1.92. The summed E-state index contributed by atoms with van der Waals surface area (Å²) in [5.41, 5.74) is 4.66. The maximum Gasteiger partial charge on any atom is 0.275 e. The molecule has 0 aliphatic carbocycles. The number of nitrogens with one attached hydrogen (secondary N) is 1. The number of carbonyl (C=O) groups excluding carboxylic acids is 1. The maximum atomic E-state index is 12.8. The minimum atomic E-state index is -0.336. The molecule has 3 aromatic rings. The van der Waals surface area contributed by atoms with Crippen molar-refractivity contribution in [1.29, 1.82) is 0 Å². The fourth-order valence-electron chi connectivity index (χ4n) is 2.79. The molecular formula is C21H23N3O3. The van der Waals surface area contributed by atoms with Crippen LogP contribution >= 0.6 is 0 Å². The van der Waals surface area contributed by atoms with E-state index in [9.17, 15) is 4.79 Å². The van der Waals surface area contributed by atoms with Gasteiger partial charge in [0.05, 0.1) is 24.8 Å². The van der Waals surface area contributed by atoms with Gasteiger partial charge in [0.2, 0.25) is 5.88 Å². The van der Waals surface area contributed by atoms with Gasteiger partial charge in [-0.2, -0.15) is 0 Å². The Morgan fingerprint density at radius 3 is 2.41 bits per heavy atom. The van der Waals surface area contributed by atoms with Crippen LogP contribution in [0.15, 0.2) is 36.4 Å². The van der Waals surface area contributed by atoms with Gasteiger partial charge in [-0.15, -0.1) is 0 Å². The second-order valence-electron chi connectivity index (χ2n) is 6.23. The van der Waals surface area contributed by atoms with Gasteiger partial charge in [-0.05, 0) is 50.1 Å². The third-order valence-corrected chi connectivity index (χ3v) is 4.38. The molecule has 1 N–H and O–H groups in total. The summed E-state index contributed by atoms with van der Waals surface area (Å²) in [7, 11) is 1.60. The van der Waals surface area contributed by atoms with Crippen molar-refractivity contribution in [3.8, 4) is 11.6 Å². The molecule has 140 valence electrons. The normalized spacial score (nSPS) is 10.7. The molecule has 0 atom stereocenters. The number of amides is 1. The van der Waals surface area contributed by atoms with E-state index >= 15 is 0 Å². The fourth-order valence-corrected chi connectivity index (χ4v) is 2.79. The molecular weight excluding hydrogens is 342 g/mol. The van der Waals surface area contributed by atoms with Crippen LogP contribution in [0.4, 0.5) is 0 Å². The lowest BCUT2D eigenvalue weighted by molar-refractivity contribution is 0.0941. The number of methoxy groups -OCH3 is 1. The number of aryl methyl sites for hydroxylation is 2. The average Bonchev–Trinajstić information content (AvgIpc) is 2.67. The summed E-state index contributed by atoms with van der Waals surface area (Å²) in [6, 6.07) is 11.4. The highest BCUT2D eigenvalue weighted by Gasteiger charge is 2.18. The number of carbonyl (C=O) groups is 1. The van der Waals surface area contributed by atoms with Crippen molar-refractivity contribution in [3.05, 3.63) is 58.8 Å². The largest absolute Gasteiger partial charge is 0.496 e. The molecule has 6 heteroatoms. The van der Waals surface area contributed by atoms with E-state index in [4.69, 9.17) is 9.47 Å². The van der Waals surface area contributed by atoms with Crippen molar-refractivity contribution >= 4 is 16.9 Å². The summed E-state index contributed by atoms with van der Waals surface area (Å²) in [4.78, 5) is 21.8. The number of benzene rings is 2. The van der Waals surface area contributed by atoms with Crippen LogP contribution in [0.3, 0.4) is 0 Å². The molecule has 0 unspecified atom stereocenters. The van der Waals surface area contributed by atoms with Crippen molar-refractivity contribution < 1.29 is 14.3 Å². The van der Waals surface area contributed by atoms with Crippen LogP contribution < -0.4 is 14.8 Å². The summed E-state index contributed by atoms with van der Waals surface area (Å²) in [5, 5.41) is 2.88. The quantitative estimate of drug-likeness (QED) is 0.723. The lowest BCUT2D eigenvalue weighted by Gasteiger charge is -2.12. The van der Waals surface area contributed by atoms with Gasteiger partial charge in [0.25, 0.3) is 5.91 Å². The highest BCUT2D eigenvalue weighted by molar-refractivity contribution is 5.96. The number of rotatable bonds is 6. The van der Waals surface area contributed by atoms with Gasteiger partial charge >= 0.3 is 0 Å². The van der Waals surface area contributed by atoms with E-state index in [1.54, 1.807) is 7.11 Å². The molecule has 1 aromatic heterocycles. The van der Waals surface area contributed by atoms with Crippen LogP contribution in [0.25, 0.3) is 11.0 Å². The van der Waals surface area contributed by atoms with Gasteiger partial charge in [0, 0.05) is 12.1 Å². The first kappa shape index (κ1) is 18.6. The van der Waals surface area contributed by atoms with Crippen LogP contribution in [0.2, 0.25) is 0 Å². The van der Waals surface area contributed by atoms with Gasteiger partial charge in [-0.25, -0.2) is 9.97 Å². The summed E-state index contributed by atoms with van der Waals surface area (Å²) >= 11 is 0. The lowest BCUT2D eigenvalue weighted by atomic mass is 10.1. The zero-order chi connectivity index (χ0) is 19.4. The van der Waals surface area contributed by atoms with Crippen LogP contribution in [0, 0.1) is 13.8 Å². The minimum Gasteiger partial charge on any atom is -0.496 e. The standard InChI is InChI=1S/C21H23N3O3/c1-5-27-21-19(23-16-10-13(2)14(3)11-17(16)24-21)20(25)22-12-15-8-6-7-9-18(15)26-4/h6-11H,5,12H2,1-4H3,(H,22,25). The van der Waals surface area contributed by atoms with Crippen molar-refractivity contribution in [2.24, 2.45) is 0 Å². The Hall–Kier alpha value is -3.15. The van der Waals surface area contributed by atoms with Crippen molar-refractivity contribution in [2.45, 2.75) is 27.3 Å². The van der Waals surface area contributed by atoms with Gasteiger partial charge in [0.15, 0.2) is 5.69 Å². The van der Waals surface area contributed by atoms with Gasteiger partial charge in [0.1, 0.15) is 5.75 Å². The molecule has 0 bridgehead atoms. The zero-order valence-corrected chi connectivity index (χ0v) is 16.0. The highest BCUT2D eigenvalue weighted by atomic mass is 16.5. The summed E-state index contributed by atoms with van der Waals surface area (Å²) in [6.07, 6.45) is 0. The van der Waals surface area contributed by atoms with Crippen LogP contribution in [0.1, 0.15) is 34.1 Å². The Kier molecular flexibility index (Phi) is 5.54. The molecule has 0 saturated carbocycles. The van der Waals surface area contributed by atoms with Gasteiger partial charge < -0.3 is 14.8 Å². The average molecular weight is 365 g/mol. The Morgan fingerprint density at radius 2 is 1.74 bits per heavy atom. The molecule has 0 radical (unpaired) electrons. The van der Waals surface area contributed by atoms with E-state index in [0.29, 0.717) is 24.2 Å². The Morgan fingerprint density at radius 1 is 1.07 bits per heavy atom. The molecule has 2 aromatic carbocycles. The SMILES string of the molecule is CCOc1nc2cc(C)c(C)cc2nc1C(=O)NCc1ccccc1OC. The first-order chi connectivity index (χ1) is 13.0. The number of nitrogens with zero attached hydrogens (tertiary/aromatic N) is 2. The number of fused-ring (bicyclic) bond motifs is 1. The first-order valence-electron chi connectivity index (χ1n) is 8.85. The van der Waals surface area contributed by atoms with Crippen LogP contribution in [-0.2, 0) is 6.54 Å².